The van der Waals surface area contributed by atoms with Crippen LogP contribution in [0.3, 0.4) is 0 Å². The first-order chi connectivity index (χ1) is 13.3. The zero-order valence-corrected chi connectivity index (χ0v) is 16.2. The van der Waals surface area contributed by atoms with Crippen LogP contribution in [0.2, 0.25) is 0 Å². The third kappa shape index (κ3) is 5.47. The van der Waals surface area contributed by atoms with Crippen molar-refractivity contribution >= 4 is 5.96 Å². The fourth-order valence-electron chi connectivity index (χ4n) is 3.34. The molecule has 0 aliphatic carbocycles. The molecule has 2 aromatic carbocycles. The molecule has 0 radical (unpaired) electrons. The molecule has 0 saturated carbocycles. The van der Waals surface area contributed by atoms with Gasteiger partial charge in [-0.2, -0.15) is 0 Å². The highest BCUT2D eigenvalue weighted by Crippen LogP contribution is 2.25. The monoisotopic (exact) mass is 367 g/mol. The molecule has 0 unspecified atom stereocenters. The quantitative estimate of drug-likeness (QED) is 0.618. The number of likely N-dealkylation sites (tertiary alicyclic amines) is 1. The maximum absolute atomic E-state index is 6.05. The molecule has 1 fully saturated rings. The van der Waals surface area contributed by atoms with Crippen molar-refractivity contribution in [1.29, 1.82) is 0 Å². The molecule has 3 rings (SSSR count). The van der Waals surface area contributed by atoms with E-state index >= 15 is 0 Å². The van der Waals surface area contributed by atoms with E-state index in [-0.39, 0.29) is 0 Å². The van der Waals surface area contributed by atoms with Crippen molar-refractivity contribution in [2.75, 3.05) is 26.7 Å². The van der Waals surface area contributed by atoms with Gasteiger partial charge in [-0.1, -0.05) is 36.4 Å². The Labute approximate surface area is 162 Å². The number of para-hydroxylation sites is 2. The molecule has 0 atom stereocenters. The average molecular weight is 367 g/mol. The molecule has 0 bridgehead atoms. The Morgan fingerprint density at radius 1 is 1.07 bits per heavy atom. The summed E-state index contributed by atoms with van der Waals surface area (Å²) in [6.07, 6.45) is 2.47. The topological polar surface area (TPSA) is 46.1 Å². The Morgan fingerprint density at radius 3 is 2.48 bits per heavy atom. The fourth-order valence-corrected chi connectivity index (χ4v) is 3.34. The van der Waals surface area contributed by atoms with Gasteiger partial charge in [0.05, 0.1) is 6.10 Å². The highest BCUT2D eigenvalue weighted by molar-refractivity contribution is 5.80. The van der Waals surface area contributed by atoms with Crippen LogP contribution in [0.15, 0.2) is 59.6 Å². The van der Waals surface area contributed by atoms with Crippen LogP contribution in [0.25, 0.3) is 0 Å². The van der Waals surface area contributed by atoms with Crippen LogP contribution in [0.5, 0.6) is 11.5 Å². The first-order valence-electron chi connectivity index (χ1n) is 9.68. The van der Waals surface area contributed by atoms with E-state index in [1.807, 2.05) is 55.6 Å². The molecule has 27 heavy (non-hydrogen) atoms. The second-order valence-corrected chi connectivity index (χ2v) is 6.57. The van der Waals surface area contributed by atoms with Crippen molar-refractivity contribution < 1.29 is 9.47 Å². The Kier molecular flexibility index (Phi) is 7.11. The molecule has 144 valence electrons. The van der Waals surface area contributed by atoms with E-state index in [1.54, 1.807) is 0 Å². The Hall–Kier alpha value is -2.53. The van der Waals surface area contributed by atoms with Gasteiger partial charge in [-0.15, -0.1) is 0 Å². The molecule has 2 aromatic rings. The van der Waals surface area contributed by atoms with Gasteiger partial charge in [-0.25, -0.2) is 0 Å². The summed E-state index contributed by atoms with van der Waals surface area (Å²) in [4.78, 5) is 6.76. The Morgan fingerprint density at radius 2 is 1.78 bits per heavy atom. The lowest BCUT2D eigenvalue weighted by Crippen LogP contribution is -2.46. The molecule has 1 N–H and O–H groups in total. The summed E-state index contributed by atoms with van der Waals surface area (Å²) in [6.45, 7) is 5.44. The second kappa shape index (κ2) is 9.97. The highest BCUT2D eigenvalue weighted by atomic mass is 16.5. The number of hydrogen-bond donors (Lipinski definition) is 1. The Bertz CT molecular complexity index is 725. The minimum absolute atomic E-state index is 0.379. The lowest BCUT2D eigenvalue weighted by molar-refractivity contribution is 0.0263. The smallest absolute Gasteiger partial charge is 0.193 e. The molecule has 5 nitrogen and oxygen atoms in total. The van der Waals surface area contributed by atoms with Crippen LogP contribution in [0.1, 0.15) is 25.3 Å². The molecular formula is C22H29N3O2. The lowest BCUT2D eigenvalue weighted by atomic mass is 10.1. The van der Waals surface area contributed by atoms with Crippen LogP contribution in [0, 0.1) is 0 Å². The average Bonchev–Trinajstić information content (AvgIpc) is 2.72. The summed E-state index contributed by atoms with van der Waals surface area (Å²) in [5.41, 5.74) is 1.10. The van der Waals surface area contributed by atoms with Crippen molar-refractivity contribution in [2.45, 2.75) is 32.4 Å². The summed E-state index contributed by atoms with van der Waals surface area (Å²) in [5.74, 6) is 2.63. The van der Waals surface area contributed by atoms with Crippen LogP contribution >= 0.6 is 0 Å². The van der Waals surface area contributed by atoms with E-state index < -0.39 is 0 Å². The van der Waals surface area contributed by atoms with Gasteiger partial charge in [-0.05, 0) is 38.0 Å². The van der Waals surface area contributed by atoms with Crippen LogP contribution < -0.4 is 10.1 Å². The maximum atomic E-state index is 6.05. The number of ether oxygens (including phenoxy) is 2. The van der Waals surface area contributed by atoms with E-state index in [2.05, 4.69) is 28.2 Å². The van der Waals surface area contributed by atoms with Gasteiger partial charge in [0.25, 0.3) is 0 Å². The highest BCUT2D eigenvalue weighted by Gasteiger charge is 2.21. The normalized spacial score (nSPS) is 15.6. The summed E-state index contributed by atoms with van der Waals surface area (Å²) in [5, 5.41) is 3.48. The number of nitrogens with one attached hydrogen (secondary N) is 1. The van der Waals surface area contributed by atoms with Crippen molar-refractivity contribution in [3.8, 4) is 11.5 Å². The molecule has 0 aromatic heterocycles. The number of guanidine groups is 1. The summed E-state index contributed by atoms with van der Waals surface area (Å²) in [7, 11) is 1.84. The van der Waals surface area contributed by atoms with Crippen LogP contribution in [0.4, 0.5) is 0 Å². The first kappa shape index (κ1) is 19.2. The first-order valence-corrected chi connectivity index (χ1v) is 9.68. The predicted molar refractivity (Wildman–Crippen MR) is 109 cm³/mol. The van der Waals surface area contributed by atoms with Crippen molar-refractivity contribution in [1.82, 2.24) is 10.2 Å². The van der Waals surface area contributed by atoms with Crippen molar-refractivity contribution in [3.05, 3.63) is 60.2 Å². The van der Waals surface area contributed by atoms with Crippen LogP contribution in [-0.4, -0.2) is 43.7 Å². The zero-order valence-electron chi connectivity index (χ0n) is 16.2. The number of nitrogens with zero attached hydrogens (tertiary/aromatic N) is 2. The fraction of sp³-hybridized carbons (Fsp3) is 0.409. The third-order valence-electron chi connectivity index (χ3n) is 4.74. The maximum Gasteiger partial charge on any atom is 0.193 e. The van der Waals surface area contributed by atoms with Crippen molar-refractivity contribution in [2.24, 2.45) is 4.99 Å². The molecule has 1 aliphatic rings. The number of benzene rings is 2. The van der Waals surface area contributed by atoms with E-state index in [4.69, 9.17) is 9.47 Å². The van der Waals surface area contributed by atoms with Gasteiger partial charge in [0.2, 0.25) is 0 Å². The van der Waals surface area contributed by atoms with Gasteiger partial charge in [-0.3, -0.25) is 4.99 Å². The molecule has 1 aliphatic heterocycles. The van der Waals surface area contributed by atoms with Gasteiger partial charge in [0.15, 0.2) is 5.96 Å². The number of aliphatic imine (C=N–C) groups is 1. The van der Waals surface area contributed by atoms with Gasteiger partial charge in [0.1, 0.15) is 11.5 Å². The van der Waals surface area contributed by atoms with Gasteiger partial charge < -0.3 is 19.7 Å². The van der Waals surface area contributed by atoms with Gasteiger partial charge >= 0.3 is 0 Å². The SMILES string of the molecule is CCOC1CCN(C(=NC)NCc2ccccc2Oc2ccccc2)CC1. The van der Waals surface area contributed by atoms with Crippen LogP contribution in [-0.2, 0) is 11.3 Å². The molecule has 1 heterocycles. The standard InChI is InChI=1S/C22H29N3O2/c1-3-26-19-13-15-25(16-14-19)22(23-2)24-17-18-9-7-8-12-21(18)27-20-10-5-4-6-11-20/h4-12,19H,3,13-17H2,1-2H3,(H,23,24). The number of piperidine rings is 1. The van der Waals surface area contributed by atoms with E-state index in [1.165, 1.54) is 0 Å². The predicted octanol–water partition coefficient (Wildman–Crippen LogP) is 4.06. The largest absolute Gasteiger partial charge is 0.457 e. The minimum atomic E-state index is 0.379. The lowest BCUT2D eigenvalue weighted by Gasteiger charge is -2.34. The second-order valence-electron chi connectivity index (χ2n) is 6.57. The number of rotatable bonds is 6. The van der Waals surface area contributed by atoms with Gasteiger partial charge in [0, 0.05) is 38.9 Å². The molecule has 0 amide bonds. The summed E-state index contributed by atoms with van der Waals surface area (Å²) >= 11 is 0. The van der Waals surface area contributed by atoms with Crippen molar-refractivity contribution in [3.63, 3.8) is 0 Å². The van der Waals surface area contributed by atoms with E-state index in [9.17, 15) is 0 Å². The molecule has 0 spiro atoms. The number of hydrogen-bond acceptors (Lipinski definition) is 3. The zero-order chi connectivity index (χ0) is 18.9. The summed E-state index contributed by atoms with van der Waals surface area (Å²) in [6, 6.07) is 18.0. The van der Waals surface area contributed by atoms with E-state index in [0.29, 0.717) is 12.6 Å². The summed E-state index contributed by atoms with van der Waals surface area (Å²) < 4.78 is 11.8. The minimum Gasteiger partial charge on any atom is -0.457 e. The molecule has 5 heteroatoms. The molecular weight excluding hydrogens is 338 g/mol. The third-order valence-corrected chi connectivity index (χ3v) is 4.74. The Balaban J connectivity index is 1.59. The molecule has 1 saturated heterocycles. The van der Waals surface area contributed by atoms with E-state index in [0.717, 1.165) is 55.6 Å².